The lowest BCUT2D eigenvalue weighted by Crippen LogP contribution is -2.12. The van der Waals surface area contributed by atoms with Gasteiger partial charge in [0.25, 0.3) is 0 Å². The molecule has 0 unspecified atom stereocenters. The second kappa shape index (κ2) is 7.62. The molecule has 0 aromatic carbocycles. The Kier molecular flexibility index (Phi) is 5.83. The average molecular weight is 290 g/mol. The highest BCUT2D eigenvalue weighted by Crippen LogP contribution is 2.28. The van der Waals surface area contributed by atoms with Crippen molar-refractivity contribution < 1.29 is 0 Å². The van der Waals surface area contributed by atoms with E-state index in [1.165, 1.54) is 38.5 Å². The molecule has 2 rings (SSSR count). The first kappa shape index (κ1) is 16.1. The minimum absolute atomic E-state index is 0.344. The van der Waals surface area contributed by atoms with Gasteiger partial charge in [0.2, 0.25) is 0 Å². The van der Waals surface area contributed by atoms with Gasteiger partial charge in [-0.3, -0.25) is 0 Å². The van der Waals surface area contributed by atoms with Crippen LogP contribution in [0.3, 0.4) is 0 Å². The number of nitrogens with one attached hydrogen (secondary N) is 2. The highest BCUT2D eigenvalue weighted by molar-refractivity contribution is 5.57. The zero-order valence-electron chi connectivity index (χ0n) is 14.0. The Balaban J connectivity index is 1.92. The number of anilines is 2. The van der Waals surface area contributed by atoms with Gasteiger partial charge in [0.1, 0.15) is 17.5 Å². The molecule has 118 valence electrons. The van der Waals surface area contributed by atoms with Crippen molar-refractivity contribution in [2.45, 2.75) is 65.2 Å². The van der Waals surface area contributed by atoms with Crippen LogP contribution in [-0.2, 0) is 0 Å². The summed E-state index contributed by atoms with van der Waals surface area (Å²) in [5.41, 5.74) is 1.11. The van der Waals surface area contributed by atoms with Crippen LogP contribution in [0.5, 0.6) is 0 Å². The second-order valence-electron chi connectivity index (χ2n) is 6.53. The van der Waals surface area contributed by atoms with Crippen molar-refractivity contribution in [1.82, 2.24) is 9.97 Å². The van der Waals surface area contributed by atoms with Gasteiger partial charge in [-0.1, -0.05) is 39.5 Å². The molecule has 1 heterocycles. The minimum Gasteiger partial charge on any atom is -0.373 e. The molecule has 0 aliphatic heterocycles. The maximum absolute atomic E-state index is 4.69. The molecule has 0 saturated heterocycles. The number of hydrogen-bond acceptors (Lipinski definition) is 4. The van der Waals surface area contributed by atoms with Crippen LogP contribution in [0.25, 0.3) is 0 Å². The van der Waals surface area contributed by atoms with E-state index in [1.54, 1.807) is 0 Å². The molecule has 4 heteroatoms. The maximum Gasteiger partial charge on any atom is 0.135 e. The molecule has 1 aliphatic rings. The van der Waals surface area contributed by atoms with E-state index in [-0.39, 0.29) is 0 Å². The summed E-state index contributed by atoms with van der Waals surface area (Å²) >= 11 is 0. The van der Waals surface area contributed by atoms with Crippen LogP contribution in [0.2, 0.25) is 0 Å². The van der Waals surface area contributed by atoms with E-state index in [0.717, 1.165) is 35.5 Å². The molecule has 0 bridgehead atoms. The summed E-state index contributed by atoms with van der Waals surface area (Å²) in [5, 5.41) is 6.69. The molecule has 4 nitrogen and oxygen atoms in total. The summed E-state index contributed by atoms with van der Waals surface area (Å²) in [7, 11) is 1.92. The Bertz CT molecular complexity index is 450. The molecular weight excluding hydrogens is 260 g/mol. The molecule has 0 radical (unpaired) electrons. The first-order chi connectivity index (χ1) is 10.1. The van der Waals surface area contributed by atoms with Crippen LogP contribution >= 0.6 is 0 Å². The summed E-state index contributed by atoms with van der Waals surface area (Å²) in [6, 6.07) is 0. The fourth-order valence-electron chi connectivity index (χ4n) is 3.10. The van der Waals surface area contributed by atoms with E-state index in [9.17, 15) is 0 Å². The lowest BCUT2D eigenvalue weighted by atomic mass is 10.0. The van der Waals surface area contributed by atoms with E-state index in [0.29, 0.717) is 5.92 Å². The Morgan fingerprint density at radius 2 is 1.81 bits per heavy atom. The minimum atomic E-state index is 0.344. The maximum atomic E-state index is 4.69. The van der Waals surface area contributed by atoms with Gasteiger partial charge in [0, 0.05) is 25.1 Å². The predicted octanol–water partition coefficient (Wildman–Crippen LogP) is 4.33. The summed E-state index contributed by atoms with van der Waals surface area (Å²) in [6.45, 7) is 7.35. The van der Waals surface area contributed by atoms with Crippen LogP contribution < -0.4 is 10.6 Å². The van der Waals surface area contributed by atoms with Crippen molar-refractivity contribution in [2.75, 3.05) is 24.2 Å². The number of aromatic nitrogens is 2. The van der Waals surface area contributed by atoms with Crippen LogP contribution in [0.15, 0.2) is 0 Å². The van der Waals surface area contributed by atoms with Gasteiger partial charge in [-0.2, -0.15) is 0 Å². The summed E-state index contributed by atoms with van der Waals surface area (Å²) < 4.78 is 0. The Labute approximate surface area is 129 Å². The zero-order chi connectivity index (χ0) is 15.2. The van der Waals surface area contributed by atoms with Crippen LogP contribution in [0.4, 0.5) is 11.6 Å². The first-order valence-electron chi connectivity index (χ1n) is 8.42. The van der Waals surface area contributed by atoms with Gasteiger partial charge in [-0.05, 0) is 25.7 Å². The Hall–Kier alpha value is -1.32. The number of hydrogen-bond donors (Lipinski definition) is 2. The summed E-state index contributed by atoms with van der Waals surface area (Å²) in [5.74, 6) is 4.15. The summed E-state index contributed by atoms with van der Waals surface area (Å²) in [4.78, 5) is 9.27. The van der Waals surface area contributed by atoms with E-state index in [1.807, 2.05) is 7.05 Å². The third-order valence-corrected chi connectivity index (χ3v) is 4.47. The smallest absolute Gasteiger partial charge is 0.135 e. The predicted molar refractivity (Wildman–Crippen MR) is 90.1 cm³/mol. The third kappa shape index (κ3) is 4.32. The van der Waals surface area contributed by atoms with Crippen molar-refractivity contribution >= 4 is 11.6 Å². The Morgan fingerprint density at radius 3 is 2.43 bits per heavy atom. The van der Waals surface area contributed by atoms with Crippen molar-refractivity contribution in [3.8, 4) is 0 Å². The molecule has 0 spiro atoms. The van der Waals surface area contributed by atoms with Gasteiger partial charge < -0.3 is 10.6 Å². The van der Waals surface area contributed by atoms with Gasteiger partial charge in [0.05, 0.1) is 0 Å². The van der Waals surface area contributed by atoms with Crippen LogP contribution in [0.1, 0.15) is 69.7 Å². The van der Waals surface area contributed by atoms with E-state index in [2.05, 4.69) is 41.4 Å². The highest BCUT2D eigenvalue weighted by atomic mass is 15.1. The topological polar surface area (TPSA) is 49.8 Å². The molecular formula is C17H30N4. The van der Waals surface area contributed by atoms with E-state index >= 15 is 0 Å². The normalized spacial score (nSPS) is 15.7. The van der Waals surface area contributed by atoms with E-state index < -0.39 is 0 Å². The van der Waals surface area contributed by atoms with Crippen molar-refractivity contribution in [2.24, 2.45) is 5.92 Å². The van der Waals surface area contributed by atoms with E-state index in [4.69, 9.17) is 0 Å². The third-order valence-electron chi connectivity index (χ3n) is 4.47. The van der Waals surface area contributed by atoms with Crippen molar-refractivity contribution in [1.29, 1.82) is 0 Å². The van der Waals surface area contributed by atoms with Gasteiger partial charge in [-0.25, -0.2) is 9.97 Å². The molecule has 1 aromatic rings. The molecule has 2 N–H and O–H groups in total. The molecule has 1 aliphatic carbocycles. The monoisotopic (exact) mass is 290 g/mol. The lowest BCUT2D eigenvalue weighted by molar-refractivity contribution is 0.491. The second-order valence-corrected chi connectivity index (χ2v) is 6.53. The van der Waals surface area contributed by atoms with Crippen molar-refractivity contribution in [3.05, 3.63) is 11.4 Å². The molecule has 1 fully saturated rings. The fraction of sp³-hybridized carbons (Fsp3) is 0.765. The van der Waals surface area contributed by atoms with Crippen LogP contribution in [-0.4, -0.2) is 23.6 Å². The quantitative estimate of drug-likeness (QED) is 0.734. The van der Waals surface area contributed by atoms with Gasteiger partial charge in [0.15, 0.2) is 0 Å². The lowest BCUT2D eigenvalue weighted by Gasteiger charge is -2.15. The molecule has 0 atom stereocenters. The van der Waals surface area contributed by atoms with Crippen LogP contribution in [0, 0.1) is 12.8 Å². The summed E-state index contributed by atoms with van der Waals surface area (Å²) in [6.07, 6.45) is 8.34. The molecule has 0 amide bonds. The van der Waals surface area contributed by atoms with Gasteiger partial charge in [-0.15, -0.1) is 0 Å². The SMILES string of the molecule is CNc1nc(C(C)C)nc(NCCCC2CCCC2)c1C. The standard InChI is InChI=1S/C17H30N4/c1-12(2)15-20-16(18-4)13(3)17(21-15)19-11-7-10-14-8-5-6-9-14/h12,14H,5-11H2,1-4H3,(H2,18,19,20,21). The molecule has 21 heavy (non-hydrogen) atoms. The number of rotatable bonds is 7. The number of nitrogens with zero attached hydrogens (tertiary/aromatic N) is 2. The van der Waals surface area contributed by atoms with Crippen molar-refractivity contribution in [3.63, 3.8) is 0 Å². The highest BCUT2D eigenvalue weighted by Gasteiger charge is 2.15. The first-order valence-corrected chi connectivity index (χ1v) is 8.42. The zero-order valence-corrected chi connectivity index (χ0v) is 14.0. The largest absolute Gasteiger partial charge is 0.373 e. The molecule has 1 aromatic heterocycles. The fourth-order valence-corrected chi connectivity index (χ4v) is 3.10. The average Bonchev–Trinajstić information content (AvgIpc) is 2.98. The Morgan fingerprint density at radius 1 is 1.14 bits per heavy atom. The molecule has 1 saturated carbocycles. The van der Waals surface area contributed by atoms with Gasteiger partial charge >= 0.3 is 0 Å².